The summed E-state index contributed by atoms with van der Waals surface area (Å²) < 4.78 is 0. The summed E-state index contributed by atoms with van der Waals surface area (Å²) in [4.78, 5) is 0. The fourth-order valence-corrected chi connectivity index (χ4v) is 2.86. The molecule has 2 rings (SSSR count). The van der Waals surface area contributed by atoms with Crippen molar-refractivity contribution >= 4 is 0 Å². The van der Waals surface area contributed by atoms with Crippen LogP contribution in [0.2, 0.25) is 0 Å². The first-order valence-corrected chi connectivity index (χ1v) is 6.36. The van der Waals surface area contributed by atoms with Crippen molar-refractivity contribution in [2.75, 3.05) is 0 Å². The van der Waals surface area contributed by atoms with Crippen molar-refractivity contribution in [3.8, 4) is 0 Å². The molecule has 0 radical (unpaired) electrons. The number of hydrogen-bond donors (Lipinski definition) is 0. The lowest BCUT2D eigenvalue weighted by atomic mass is 10.0. The van der Waals surface area contributed by atoms with Gasteiger partial charge in [-0.05, 0) is 30.6 Å². The van der Waals surface area contributed by atoms with Crippen molar-refractivity contribution in [3.63, 3.8) is 0 Å². The van der Waals surface area contributed by atoms with Gasteiger partial charge in [0.15, 0.2) is 0 Å². The van der Waals surface area contributed by atoms with Crippen LogP contribution in [0.1, 0.15) is 66.7 Å². The molecule has 13 heavy (non-hydrogen) atoms. The molecule has 0 aromatic carbocycles. The van der Waals surface area contributed by atoms with Gasteiger partial charge in [0.2, 0.25) is 0 Å². The molecule has 0 aromatic rings. The van der Waals surface area contributed by atoms with Gasteiger partial charge in [-0.25, -0.2) is 0 Å². The first-order chi connectivity index (χ1) is 6.36. The highest BCUT2D eigenvalue weighted by Gasteiger charge is 2.34. The van der Waals surface area contributed by atoms with E-state index < -0.39 is 0 Å². The van der Waals surface area contributed by atoms with Crippen LogP contribution in [0.3, 0.4) is 0 Å². The van der Waals surface area contributed by atoms with Gasteiger partial charge in [-0.15, -0.1) is 0 Å². The summed E-state index contributed by atoms with van der Waals surface area (Å²) in [6.45, 7) is 10.4. The Kier molecular flexibility index (Phi) is 7.41. The molecule has 0 N–H and O–H groups in total. The molecule has 0 spiro atoms. The Labute approximate surface area is 85.1 Å². The first kappa shape index (κ1) is 13.0. The third-order valence-electron chi connectivity index (χ3n) is 3.23. The molecule has 2 aliphatic rings. The van der Waals surface area contributed by atoms with Gasteiger partial charge in [0.1, 0.15) is 0 Å². The van der Waals surface area contributed by atoms with E-state index in [1.165, 1.54) is 6.42 Å². The Bertz CT molecular complexity index is 94.6. The second-order valence-corrected chi connectivity index (χ2v) is 4.03. The Morgan fingerprint density at radius 3 is 1.54 bits per heavy atom. The third-order valence-corrected chi connectivity index (χ3v) is 3.23. The molecule has 2 saturated carbocycles. The maximum atomic E-state index is 2.42. The van der Waals surface area contributed by atoms with Gasteiger partial charge in [0.25, 0.3) is 0 Å². The highest BCUT2D eigenvalue weighted by molar-refractivity contribution is 4.85. The van der Waals surface area contributed by atoms with E-state index in [0.717, 1.165) is 17.8 Å². The lowest BCUT2D eigenvalue weighted by Gasteiger charge is -2.04. The number of fused-ring (bicyclic) bond motifs is 1. The van der Waals surface area contributed by atoms with Crippen LogP contribution < -0.4 is 0 Å². The molecular weight excluding hydrogens is 156 g/mol. The monoisotopic (exact) mass is 184 g/mol. The zero-order chi connectivity index (χ0) is 10.3. The van der Waals surface area contributed by atoms with Crippen molar-refractivity contribution in [2.24, 2.45) is 17.8 Å². The molecule has 0 heteroatoms. The van der Waals surface area contributed by atoms with Gasteiger partial charge < -0.3 is 0 Å². The predicted octanol–water partition coefficient (Wildman–Crippen LogP) is 4.89. The smallest absolute Gasteiger partial charge is 0.0383 e. The summed E-state index contributed by atoms with van der Waals surface area (Å²) >= 11 is 0. The Morgan fingerprint density at radius 2 is 1.15 bits per heavy atom. The van der Waals surface area contributed by atoms with Crippen molar-refractivity contribution < 1.29 is 0 Å². The summed E-state index contributed by atoms with van der Waals surface area (Å²) in [5, 5.41) is 0. The zero-order valence-corrected chi connectivity index (χ0v) is 10.3. The second-order valence-electron chi connectivity index (χ2n) is 4.03. The summed E-state index contributed by atoms with van der Waals surface area (Å²) in [7, 11) is 0. The molecule has 0 heterocycles. The molecule has 80 valence electrons. The fraction of sp³-hybridized carbons (Fsp3) is 1.00. The van der Waals surface area contributed by atoms with Crippen LogP contribution in [-0.4, -0.2) is 0 Å². The summed E-state index contributed by atoms with van der Waals surface area (Å²) in [5.74, 6) is 3.36. The topological polar surface area (TPSA) is 0 Å². The fourth-order valence-electron chi connectivity index (χ4n) is 2.86. The van der Waals surface area contributed by atoms with Crippen LogP contribution in [0.15, 0.2) is 0 Å². The number of hydrogen-bond acceptors (Lipinski definition) is 0. The van der Waals surface area contributed by atoms with Gasteiger partial charge >= 0.3 is 0 Å². The van der Waals surface area contributed by atoms with E-state index in [1.54, 1.807) is 25.7 Å². The Balaban J connectivity index is 0.000000322. The second kappa shape index (κ2) is 7.41. The van der Waals surface area contributed by atoms with E-state index in [4.69, 9.17) is 0 Å². The maximum absolute atomic E-state index is 2.42. The minimum absolute atomic E-state index is 1.06. The van der Waals surface area contributed by atoms with Crippen LogP contribution in [0.25, 0.3) is 0 Å². The summed E-state index contributed by atoms with van der Waals surface area (Å²) in [5.41, 5.74) is 0. The van der Waals surface area contributed by atoms with E-state index in [9.17, 15) is 0 Å². The van der Waals surface area contributed by atoms with Crippen LogP contribution >= 0.6 is 0 Å². The minimum Gasteiger partial charge on any atom is -0.0683 e. The van der Waals surface area contributed by atoms with Crippen molar-refractivity contribution in [1.82, 2.24) is 0 Å². The van der Waals surface area contributed by atoms with Crippen LogP contribution in [0.4, 0.5) is 0 Å². The largest absolute Gasteiger partial charge is 0.0683 e. The lowest BCUT2D eigenvalue weighted by Crippen LogP contribution is -1.95. The molecule has 2 unspecified atom stereocenters. The van der Waals surface area contributed by atoms with Gasteiger partial charge in [-0.3, -0.25) is 0 Å². The van der Waals surface area contributed by atoms with Gasteiger partial charge in [0.05, 0.1) is 0 Å². The zero-order valence-electron chi connectivity index (χ0n) is 10.3. The highest BCUT2D eigenvalue weighted by atomic mass is 14.4. The van der Waals surface area contributed by atoms with Gasteiger partial charge in [-0.2, -0.15) is 0 Å². The van der Waals surface area contributed by atoms with E-state index in [1.807, 2.05) is 27.7 Å². The predicted molar refractivity (Wildman–Crippen MR) is 61.9 cm³/mol. The Morgan fingerprint density at radius 1 is 0.769 bits per heavy atom. The van der Waals surface area contributed by atoms with Crippen LogP contribution in [0.5, 0.6) is 0 Å². The van der Waals surface area contributed by atoms with E-state index in [-0.39, 0.29) is 0 Å². The molecular formula is C13H28. The molecule has 0 saturated heterocycles. The normalized spacial score (nSPS) is 35.3. The summed E-state index contributed by atoms with van der Waals surface area (Å²) in [6, 6.07) is 0. The quantitative estimate of drug-likeness (QED) is 0.503. The van der Waals surface area contributed by atoms with Crippen molar-refractivity contribution in [1.29, 1.82) is 0 Å². The van der Waals surface area contributed by atoms with Crippen LogP contribution in [0, 0.1) is 17.8 Å². The third kappa shape index (κ3) is 3.70. The maximum Gasteiger partial charge on any atom is -0.0383 e. The molecule has 2 atom stereocenters. The SMILES string of the molecule is CC.CC.CC1CC2CCCC2C1. The number of rotatable bonds is 0. The molecule has 0 nitrogen and oxygen atoms in total. The van der Waals surface area contributed by atoms with E-state index in [0.29, 0.717) is 0 Å². The van der Waals surface area contributed by atoms with Gasteiger partial charge in [-0.1, -0.05) is 53.9 Å². The molecule has 2 aliphatic carbocycles. The van der Waals surface area contributed by atoms with E-state index in [2.05, 4.69) is 6.92 Å². The Hall–Kier alpha value is 0. The first-order valence-electron chi connectivity index (χ1n) is 6.36. The van der Waals surface area contributed by atoms with Gasteiger partial charge in [0, 0.05) is 0 Å². The molecule has 0 amide bonds. The minimum atomic E-state index is 1.06. The van der Waals surface area contributed by atoms with E-state index >= 15 is 0 Å². The molecule has 0 aromatic heterocycles. The van der Waals surface area contributed by atoms with Crippen molar-refractivity contribution in [2.45, 2.75) is 66.7 Å². The van der Waals surface area contributed by atoms with Crippen molar-refractivity contribution in [3.05, 3.63) is 0 Å². The lowest BCUT2D eigenvalue weighted by molar-refractivity contribution is 0.457. The molecule has 0 aliphatic heterocycles. The van der Waals surface area contributed by atoms with Crippen LogP contribution in [-0.2, 0) is 0 Å². The average Bonchev–Trinajstić information content (AvgIpc) is 2.71. The summed E-state index contributed by atoms with van der Waals surface area (Å²) in [6.07, 6.45) is 7.72. The highest BCUT2D eigenvalue weighted by Crippen LogP contribution is 2.46. The molecule has 2 fully saturated rings. The molecule has 0 bridgehead atoms. The standard InChI is InChI=1S/C9H16.2C2H6/c1-7-5-8-3-2-4-9(8)6-7;2*1-2/h7-9H,2-6H2,1H3;2*1-2H3. The average molecular weight is 184 g/mol.